The maximum atomic E-state index is 12.9. The fraction of sp³-hybridized carbons (Fsp3) is 0.520. The highest BCUT2D eigenvalue weighted by molar-refractivity contribution is 7.87. The largest absolute Gasteiger partial charge is 0.475 e. The van der Waals surface area contributed by atoms with Crippen molar-refractivity contribution in [2.75, 3.05) is 39.5 Å². The SMILES string of the molecule is Cc1cc(C2CCN(S(=O)(=O)N(O)C(=O)C3CCOCC3)CC2)ccc1-c1cccc(OCCO)n1. The van der Waals surface area contributed by atoms with E-state index < -0.39 is 22.0 Å². The first-order valence-corrected chi connectivity index (χ1v) is 13.6. The molecule has 1 aromatic carbocycles. The molecule has 0 saturated carbocycles. The van der Waals surface area contributed by atoms with E-state index in [2.05, 4.69) is 11.1 Å². The summed E-state index contributed by atoms with van der Waals surface area (Å²) in [5.74, 6) is -0.721. The Labute approximate surface area is 211 Å². The Balaban J connectivity index is 1.39. The molecule has 1 aromatic heterocycles. The molecule has 2 saturated heterocycles. The molecular weight excluding hydrogens is 486 g/mol. The molecule has 4 rings (SSSR count). The fourth-order valence-corrected chi connectivity index (χ4v) is 6.03. The molecule has 2 aliphatic heterocycles. The molecule has 0 radical (unpaired) electrons. The molecule has 2 aromatic rings. The van der Waals surface area contributed by atoms with Gasteiger partial charge in [-0.3, -0.25) is 10.0 Å². The standard InChI is InChI=1S/C25H33N3O7S/c1-18-17-21(5-6-22(18)23-3-2-4-24(26-23)35-16-13-29)19-7-11-27(12-8-19)36(32,33)28(31)25(30)20-9-14-34-15-10-20/h2-6,17,19-20,29,31H,7-16H2,1H3. The van der Waals surface area contributed by atoms with Gasteiger partial charge in [-0.25, -0.2) is 4.98 Å². The number of carbonyl (C=O) groups is 1. The van der Waals surface area contributed by atoms with Crippen LogP contribution in [0.5, 0.6) is 5.88 Å². The van der Waals surface area contributed by atoms with Gasteiger partial charge in [0.15, 0.2) is 0 Å². The zero-order valence-electron chi connectivity index (χ0n) is 20.4. The van der Waals surface area contributed by atoms with Crippen LogP contribution in [0.25, 0.3) is 11.3 Å². The number of ether oxygens (including phenoxy) is 2. The van der Waals surface area contributed by atoms with Gasteiger partial charge < -0.3 is 14.6 Å². The topological polar surface area (TPSA) is 130 Å². The van der Waals surface area contributed by atoms with Crippen LogP contribution in [0.3, 0.4) is 0 Å². The Morgan fingerprint density at radius 1 is 1.17 bits per heavy atom. The summed E-state index contributed by atoms with van der Waals surface area (Å²) in [6.45, 7) is 3.31. The molecule has 0 aliphatic carbocycles. The van der Waals surface area contributed by atoms with Crippen LogP contribution in [0, 0.1) is 12.8 Å². The highest BCUT2D eigenvalue weighted by atomic mass is 32.2. The monoisotopic (exact) mass is 519 g/mol. The number of aliphatic hydroxyl groups is 1. The molecule has 1 amide bonds. The number of aromatic nitrogens is 1. The number of benzene rings is 1. The van der Waals surface area contributed by atoms with Gasteiger partial charge in [0.1, 0.15) is 6.61 Å². The van der Waals surface area contributed by atoms with Crippen LogP contribution in [0.15, 0.2) is 36.4 Å². The predicted molar refractivity (Wildman–Crippen MR) is 132 cm³/mol. The maximum Gasteiger partial charge on any atom is 0.329 e. The van der Waals surface area contributed by atoms with Crippen molar-refractivity contribution in [2.24, 2.45) is 5.92 Å². The minimum Gasteiger partial charge on any atom is -0.475 e. The van der Waals surface area contributed by atoms with Crippen LogP contribution >= 0.6 is 0 Å². The van der Waals surface area contributed by atoms with Crippen molar-refractivity contribution >= 4 is 16.1 Å². The Bertz CT molecular complexity index is 1160. The number of nitrogens with zero attached hydrogens (tertiary/aromatic N) is 3. The second kappa shape index (κ2) is 11.7. The molecule has 3 heterocycles. The summed E-state index contributed by atoms with van der Waals surface area (Å²) in [6, 6.07) is 11.6. The molecule has 11 heteroatoms. The Kier molecular flexibility index (Phi) is 8.58. The lowest BCUT2D eigenvalue weighted by molar-refractivity contribution is -0.154. The number of amides is 1. The van der Waals surface area contributed by atoms with Crippen LogP contribution in [-0.2, 0) is 19.7 Å². The molecule has 36 heavy (non-hydrogen) atoms. The second-order valence-electron chi connectivity index (χ2n) is 9.16. The van der Waals surface area contributed by atoms with Gasteiger partial charge in [-0.05, 0) is 55.7 Å². The van der Waals surface area contributed by atoms with Crippen molar-refractivity contribution < 1.29 is 33.0 Å². The average Bonchev–Trinajstić information content (AvgIpc) is 2.91. The number of hydrogen-bond donors (Lipinski definition) is 2. The first kappa shape index (κ1) is 26.5. The number of piperidine rings is 1. The summed E-state index contributed by atoms with van der Waals surface area (Å²) in [7, 11) is -4.28. The number of hydroxylamine groups is 1. The van der Waals surface area contributed by atoms with E-state index in [-0.39, 0.29) is 36.7 Å². The van der Waals surface area contributed by atoms with Crippen molar-refractivity contribution in [3.05, 3.63) is 47.5 Å². The molecule has 0 spiro atoms. The van der Waals surface area contributed by atoms with Crippen molar-refractivity contribution in [2.45, 2.75) is 38.5 Å². The second-order valence-corrected chi connectivity index (χ2v) is 10.9. The van der Waals surface area contributed by atoms with E-state index in [0.717, 1.165) is 22.4 Å². The molecule has 2 fully saturated rings. The normalized spacial score (nSPS) is 18.2. The summed E-state index contributed by atoms with van der Waals surface area (Å²) in [5, 5.41) is 19.2. The van der Waals surface area contributed by atoms with Gasteiger partial charge in [0, 0.05) is 43.9 Å². The molecular formula is C25H33N3O7S. The number of pyridine rings is 1. The molecule has 0 atom stereocenters. The Morgan fingerprint density at radius 3 is 2.56 bits per heavy atom. The molecule has 0 bridgehead atoms. The van der Waals surface area contributed by atoms with Crippen LogP contribution in [-0.4, -0.2) is 77.9 Å². The van der Waals surface area contributed by atoms with E-state index in [9.17, 15) is 18.4 Å². The first-order chi connectivity index (χ1) is 17.3. The predicted octanol–water partition coefficient (Wildman–Crippen LogP) is 2.50. The number of carbonyl (C=O) groups excluding carboxylic acids is 1. The lowest BCUT2D eigenvalue weighted by Gasteiger charge is -2.34. The van der Waals surface area contributed by atoms with E-state index in [4.69, 9.17) is 14.6 Å². The van der Waals surface area contributed by atoms with Crippen LogP contribution in [0.4, 0.5) is 0 Å². The van der Waals surface area contributed by atoms with Crippen molar-refractivity contribution in [3.63, 3.8) is 0 Å². The summed E-state index contributed by atoms with van der Waals surface area (Å²) in [5.41, 5.74) is 3.89. The molecule has 2 aliphatic rings. The van der Waals surface area contributed by atoms with Crippen molar-refractivity contribution in [1.82, 2.24) is 13.8 Å². The maximum absolute atomic E-state index is 12.9. The Hall–Kier alpha value is -2.57. The highest BCUT2D eigenvalue weighted by Gasteiger charge is 2.38. The fourth-order valence-electron chi connectivity index (χ4n) is 4.77. The third-order valence-electron chi connectivity index (χ3n) is 6.82. The zero-order valence-corrected chi connectivity index (χ0v) is 21.2. The third kappa shape index (κ3) is 5.87. The number of aryl methyl sites for hydroxylation is 1. The quantitative estimate of drug-likeness (QED) is 0.402. The average molecular weight is 520 g/mol. The van der Waals surface area contributed by atoms with Crippen LogP contribution in [0.2, 0.25) is 0 Å². The van der Waals surface area contributed by atoms with Crippen molar-refractivity contribution in [1.29, 1.82) is 0 Å². The molecule has 0 unspecified atom stereocenters. The van der Waals surface area contributed by atoms with Gasteiger partial charge >= 0.3 is 10.2 Å². The minimum atomic E-state index is -4.28. The van der Waals surface area contributed by atoms with E-state index in [1.165, 1.54) is 4.31 Å². The molecule has 196 valence electrons. The third-order valence-corrected chi connectivity index (χ3v) is 8.46. The van der Waals surface area contributed by atoms with Gasteiger partial charge in [-0.2, -0.15) is 12.7 Å². The number of rotatable bonds is 8. The van der Waals surface area contributed by atoms with Crippen LogP contribution in [0.1, 0.15) is 42.7 Å². The van der Waals surface area contributed by atoms with Crippen LogP contribution < -0.4 is 4.74 Å². The van der Waals surface area contributed by atoms with E-state index in [0.29, 0.717) is 44.8 Å². The van der Waals surface area contributed by atoms with Gasteiger partial charge in [0.05, 0.1) is 12.3 Å². The van der Waals surface area contributed by atoms with Gasteiger partial charge in [-0.1, -0.05) is 28.7 Å². The lowest BCUT2D eigenvalue weighted by atomic mass is 9.88. The van der Waals surface area contributed by atoms with E-state index in [1.54, 1.807) is 6.07 Å². The summed E-state index contributed by atoms with van der Waals surface area (Å²) in [4.78, 5) is 17.0. The molecule has 10 nitrogen and oxygen atoms in total. The highest BCUT2D eigenvalue weighted by Crippen LogP contribution is 2.33. The van der Waals surface area contributed by atoms with Gasteiger partial charge in [0.2, 0.25) is 5.88 Å². The van der Waals surface area contributed by atoms with Gasteiger partial charge in [-0.15, -0.1) is 0 Å². The van der Waals surface area contributed by atoms with Gasteiger partial charge in [0.25, 0.3) is 5.91 Å². The number of aliphatic hydroxyl groups excluding tert-OH is 1. The first-order valence-electron chi connectivity index (χ1n) is 12.2. The Morgan fingerprint density at radius 2 is 1.89 bits per heavy atom. The summed E-state index contributed by atoms with van der Waals surface area (Å²) < 4.78 is 37.5. The smallest absolute Gasteiger partial charge is 0.329 e. The summed E-state index contributed by atoms with van der Waals surface area (Å²) in [6.07, 6.45) is 1.97. The minimum absolute atomic E-state index is 0.0619. The van der Waals surface area contributed by atoms with Crippen molar-refractivity contribution in [3.8, 4) is 17.1 Å². The summed E-state index contributed by atoms with van der Waals surface area (Å²) >= 11 is 0. The zero-order chi connectivity index (χ0) is 25.7. The number of hydrogen-bond acceptors (Lipinski definition) is 8. The molecule has 2 N–H and O–H groups in total. The van der Waals surface area contributed by atoms with E-state index in [1.807, 2.05) is 31.2 Å². The lowest BCUT2D eigenvalue weighted by Crippen LogP contribution is -2.49. The van der Waals surface area contributed by atoms with E-state index >= 15 is 0 Å².